The van der Waals surface area contributed by atoms with Crippen molar-refractivity contribution in [3.05, 3.63) is 77.8 Å². The van der Waals surface area contributed by atoms with Crippen molar-refractivity contribution in [1.29, 1.82) is 0 Å². The largest absolute Gasteiger partial charge is 0.457 e. The molecule has 0 saturated heterocycles. The number of ether oxygens (including phenoxy) is 1. The van der Waals surface area contributed by atoms with Crippen LogP contribution in [0.3, 0.4) is 0 Å². The molecule has 0 amide bonds. The van der Waals surface area contributed by atoms with Gasteiger partial charge in [0.1, 0.15) is 11.5 Å². The summed E-state index contributed by atoms with van der Waals surface area (Å²) >= 11 is 5.95. The average Bonchev–Trinajstić information content (AvgIpc) is 3.10. The third-order valence-corrected chi connectivity index (χ3v) is 5.98. The zero-order valence-corrected chi connectivity index (χ0v) is 17.9. The third-order valence-electron chi connectivity index (χ3n) is 4.57. The molecule has 0 bridgehead atoms. The van der Waals surface area contributed by atoms with Gasteiger partial charge >= 0.3 is 0 Å². The van der Waals surface area contributed by atoms with Gasteiger partial charge in [0.2, 0.25) is 0 Å². The molecule has 1 heterocycles. The van der Waals surface area contributed by atoms with E-state index in [0.717, 1.165) is 5.56 Å². The Morgan fingerprint density at radius 2 is 1.40 bits per heavy atom. The minimum absolute atomic E-state index is 0.206. The lowest BCUT2D eigenvalue weighted by molar-refractivity contribution is 0.484. The monoisotopic (exact) mass is 439 g/mol. The van der Waals surface area contributed by atoms with Gasteiger partial charge in [-0.25, -0.2) is 8.42 Å². The van der Waals surface area contributed by atoms with Gasteiger partial charge in [-0.1, -0.05) is 35.9 Å². The van der Waals surface area contributed by atoms with Crippen LogP contribution < -0.4 is 4.74 Å². The molecule has 0 atom stereocenters. The highest BCUT2D eigenvalue weighted by Crippen LogP contribution is 2.35. The van der Waals surface area contributed by atoms with Crippen molar-refractivity contribution in [1.82, 2.24) is 14.8 Å². The summed E-state index contributed by atoms with van der Waals surface area (Å²) in [4.78, 5) is 0.206. The molecular weight excluding hydrogens is 422 g/mol. The Morgan fingerprint density at radius 3 is 2.07 bits per heavy atom. The van der Waals surface area contributed by atoms with E-state index in [9.17, 15) is 8.42 Å². The fourth-order valence-corrected chi connectivity index (χ4v) is 4.15. The van der Waals surface area contributed by atoms with Crippen LogP contribution in [0.2, 0.25) is 5.02 Å². The van der Waals surface area contributed by atoms with Gasteiger partial charge in [-0.05, 0) is 48.5 Å². The maximum absolute atomic E-state index is 12.2. The first-order valence-corrected chi connectivity index (χ1v) is 11.3. The predicted molar refractivity (Wildman–Crippen MR) is 117 cm³/mol. The Labute approximate surface area is 179 Å². The van der Waals surface area contributed by atoms with E-state index < -0.39 is 9.84 Å². The van der Waals surface area contributed by atoms with E-state index >= 15 is 0 Å². The van der Waals surface area contributed by atoms with Gasteiger partial charge in [0.25, 0.3) is 0 Å². The fraction of sp³-hybridized carbons (Fsp3) is 0.0909. The highest BCUT2D eigenvalue weighted by molar-refractivity contribution is 7.90. The van der Waals surface area contributed by atoms with Crippen molar-refractivity contribution in [2.24, 2.45) is 7.05 Å². The summed E-state index contributed by atoms with van der Waals surface area (Å²) in [5, 5.41) is 9.21. The molecule has 0 radical (unpaired) electrons. The molecule has 0 saturated carbocycles. The Kier molecular flexibility index (Phi) is 5.32. The highest BCUT2D eigenvalue weighted by atomic mass is 35.5. The molecule has 3 aromatic carbocycles. The number of rotatable bonds is 5. The summed E-state index contributed by atoms with van der Waals surface area (Å²) in [6, 6.07) is 21.3. The van der Waals surface area contributed by atoms with Crippen LogP contribution in [0.1, 0.15) is 0 Å². The Balaban J connectivity index is 1.79. The topological polar surface area (TPSA) is 74.1 Å². The van der Waals surface area contributed by atoms with Crippen molar-refractivity contribution in [3.63, 3.8) is 0 Å². The van der Waals surface area contributed by atoms with Crippen LogP contribution in [0, 0.1) is 0 Å². The molecule has 0 spiro atoms. The zero-order valence-electron chi connectivity index (χ0n) is 16.3. The van der Waals surface area contributed by atoms with Crippen LogP contribution >= 0.6 is 11.6 Å². The van der Waals surface area contributed by atoms with E-state index in [-0.39, 0.29) is 4.90 Å². The van der Waals surface area contributed by atoms with Crippen LogP contribution in [0.5, 0.6) is 11.5 Å². The van der Waals surface area contributed by atoms with E-state index in [2.05, 4.69) is 10.2 Å². The molecule has 0 fully saturated rings. The lowest BCUT2D eigenvalue weighted by Gasteiger charge is -2.12. The van der Waals surface area contributed by atoms with Crippen molar-refractivity contribution in [3.8, 4) is 34.3 Å². The number of hydrogen-bond donors (Lipinski definition) is 0. The van der Waals surface area contributed by atoms with Gasteiger partial charge < -0.3 is 9.30 Å². The lowest BCUT2D eigenvalue weighted by Crippen LogP contribution is -2.03. The van der Waals surface area contributed by atoms with E-state index in [0.29, 0.717) is 33.7 Å². The number of hydrogen-bond acceptors (Lipinski definition) is 5. The molecule has 30 heavy (non-hydrogen) atoms. The van der Waals surface area contributed by atoms with E-state index in [1.54, 1.807) is 60.1 Å². The van der Waals surface area contributed by atoms with Gasteiger partial charge in [-0.15, -0.1) is 10.2 Å². The third kappa shape index (κ3) is 3.94. The average molecular weight is 440 g/mol. The second-order valence-electron chi connectivity index (χ2n) is 6.73. The SMILES string of the molecule is Cn1c(-c2ccccc2Oc2ccc(Cl)cc2)nnc1-c1ccccc1S(C)(=O)=O. The van der Waals surface area contributed by atoms with Crippen molar-refractivity contribution in [2.75, 3.05) is 6.26 Å². The molecule has 6 nitrogen and oxygen atoms in total. The Bertz CT molecular complexity index is 1320. The number of benzene rings is 3. The van der Waals surface area contributed by atoms with Gasteiger partial charge in [-0.2, -0.15) is 0 Å². The standard InChI is InChI=1S/C22H18ClN3O3S/c1-26-21(24-25-22(26)18-8-4-6-10-20(18)30(2,27)28)17-7-3-5-9-19(17)29-16-13-11-15(23)12-14-16/h3-14H,1-2H3. The molecule has 8 heteroatoms. The van der Waals surface area contributed by atoms with Gasteiger partial charge in [0.15, 0.2) is 21.5 Å². The molecule has 4 aromatic rings. The van der Waals surface area contributed by atoms with Crippen LogP contribution in [-0.4, -0.2) is 29.4 Å². The van der Waals surface area contributed by atoms with E-state index in [1.807, 2.05) is 24.3 Å². The van der Waals surface area contributed by atoms with Crippen LogP contribution in [0.25, 0.3) is 22.8 Å². The first kappa shape index (κ1) is 20.1. The molecule has 0 aliphatic heterocycles. The lowest BCUT2D eigenvalue weighted by atomic mass is 10.1. The van der Waals surface area contributed by atoms with Gasteiger partial charge in [0, 0.05) is 23.9 Å². The number of aromatic nitrogens is 3. The highest BCUT2D eigenvalue weighted by Gasteiger charge is 2.21. The van der Waals surface area contributed by atoms with Crippen molar-refractivity contribution in [2.45, 2.75) is 4.90 Å². The van der Waals surface area contributed by atoms with E-state index in [4.69, 9.17) is 16.3 Å². The molecule has 0 N–H and O–H groups in total. The second kappa shape index (κ2) is 7.93. The van der Waals surface area contributed by atoms with E-state index in [1.165, 1.54) is 6.26 Å². The first-order valence-electron chi connectivity index (χ1n) is 9.06. The zero-order chi connectivity index (χ0) is 21.3. The summed E-state index contributed by atoms with van der Waals surface area (Å²) in [5.41, 5.74) is 1.22. The smallest absolute Gasteiger partial charge is 0.176 e. The predicted octanol–water partition coefficient (Wildman–Crippen LogP) is 5.00. The number of nitrogens with zero attached hydrogens (tertiary/aromatic N) is 3. The van der Waals surface area contributed by atoms with Gasteiger partial charge in [0.05, 0.1) is 10.5 Å². The Morgan fingerprint density at radius 1 is 0.833 bits per heavy atom. The molecule has 152 valence electrons. The first-order chi connectivity index (χ1) is 14.3. The van der Waals surface area contributed by atoms with Crippen LogP contribution in [0.15, 0.2) is 77.7 Å². The molecular formula is C22H18ClN3O3S. The van der Waals surface area contributed by atoms with Crippen molar-refractivity contribution >= 4 is 21.4 Å². The molecule has 0 aliphatic rings. The minimum Gasteiger partial charge on any atom is -0.457 e. The summed E-state index contributed by atoms with van der Waals surface area (Å²) in [6.45, 7) is 0. The van der Waals surface area contributed by atoms with Crippen molar-refractivity contribution < 1.29 is 13.2 Å². The quantitative estimate of drug-likeness (QED) is 0.437. The Hall–Kier alpha value is -3.16. The van der Waals surface area contributed by atoms with Gasteiger partial charge in [-0.3, -0.25) is 0 Å². The summed E-state index contributed by atoms with van der Waals surface area (Å²) in [6.07, 6.45) is 1.18. The maximum atomic E-state index is 12.2. The number of sulfone groups is 1. The number of halogens is 1. The summed E-state index contributed by atoms with van der Waals surface area (Å²) < 4.78 is 32.2. The molecule has 1 aromatic heterocycles. The molecule has 4 rings (SSSR count). The maximum Gasteiger partial charge on any atom is 0.176 e. The van der Waals surface area contributed by atoms with Crippen LogP contribution in [-0.2, 0) is 16.9 Å². The molecule has 0 unspecified atom stereocenters. The normalized spacial score (nSPS) is 11.4. The molecule has 0 aliphatic carbocycles. The van der Waals surface area contributed by atoms with Crippen LogP contribution in [0.4, 0.5) is 0 Å². The fourth-order valence-electron chi connectivity index (χ4n) is 3.14. The summed E-state index contributed by atoms with van der Waals surface area (Å²) in [7, 11) is -1.63. The summed E-state index contributed by atoms with van der Waals surface area (Å²) in [5.74, 6) is 2.24. The second-order valence-corrected chi connectivity index (χ2v) is 9.15. The number of para-hydroxylation sites is 1. The minimum atomic E-state index is -3.42.